The first-order valence-corrected chi connectivity index (χ1v) is 6.27. The fraction of sp³-hybridized carbons (Fsp3) is 0.846. The van der Waals surface area contributed by atoms with Gasteiger partial charge in [0.15, 0.2) is 0 Å². The second-order valence-corrected chi connectivity index (χ2v) is 5.10. The summed E-state index contributed by atoms with van der Waals surface area (Å²) < 4.78 is 0. The van der Waals surface area contributed by atoms with Crippen LogP contribution in [0.4, 0.5) is 0 Å². The van der Waals surface area contributed by atoms with Crippen LogP contribution in [0.2, 0.25) is 0 Å². The Morgan fingerprint density at radius 3 is 2.79 bits per heavy atom. The van der Waals surface area contributed by atoms with E-state index in [1.807, 2.05) is 0 Å². The number of allylic oxidation sites excluding steroid dienone is 1. The highest BCUT2D eigenvalue weighted by Crippen LogP contribution is 2.24. The van der Waals surface area contributed by atoms with Gasteiger partial charge in [0.25, 0.3) is 0 Å². The van der Waals surface area contributed by atoms with Crippen molar-refractivity contribution in [2.24, 2.45) is 5.92 Å². The Bertz CT molecular complexity index is 197. The number of rotatable bonds is 2. The Balaban J connectivity index is 1.78. The van der Waals surface area contributed by atoms with Gasteiger partial charge in [-0.2, -0.15) is 0 Å². The van der Waals surface area contributed by atoms with E-state index in [9.17, 15) is 0 Å². The van der Waals surface area contributed by atoms with Crippen LogP contribution < -0.4 is 5.32 Å². The molecule has 0 aliphatic heterocycles. The van der Waals surface area contributed by atoms with Gasteiger partial charge in [-0.3, -0.25) is 0 Å². The maximum atomic E-state index is 3.80. The Hall–Kier alpha value is -0.300. The highest BCUT2D eigenvalue weighted by Gasteiger charge is 2.20. The van der Waals surface area contributed by atoms with Gasteiger partial charge < -0.3 is 5.32 Å². The molecule has 1 nitrogen and oxygen atoms in total. The number of nitrogens with one attached hydrogen (secondary N) is 1. The Morgan fingerprint density at radius 2 is 2.07 bits per heavy atom. The lowest BCUT2D eigenvalue weighted by Crippen LogP contribution is -2.40. The molecule has 1 saturated carbocycles. The normalized spacial score (nSPS) is 38.5. The van der Waals surface area contributed by atoms with E-state index in [1.54, 1.807) is 0 Å². The highest BCUT2D eigenvalue weighted by molar-refractivity contribution is 4.98. The van der Waals surface area contributed by atoms with Gasteiger partial charge in [0, 0.05) is 12.1 Å². The van der Waals surface area contributed by atoms with Crippen molar-refractivity contribution in [2.75, 3.05) is 0 Å². The minimum atomic E-state index is 0.680. The molecular formula is C13H23N. The van der Waals surface area contributed by atoms with Crippen LogP contribution in [0, 0.1) is 5.92 Å². The maximum absolute atomic E-state index is 3.80. The minimum absolute atomic E-state index is 0.680. The average Bonchev–Trinajstić information content (AvgIpc) is 2.19. The molecular weight excluding hydrogens is 170 g/mol. The third kappa shape index (κ3) is 2.84. The fourth-order valence-electron chi connectivity index (χ4n) is 2.84. The van der Waals surface area contributed by atoms with Gasteiger partial charge in [-0.15, -0.1) is 0 Å². The molecule has 14 heavy (non-hydrogen) atoms. The van der Waals surface area contributed by atoms with Gasteiger partial charge in [0.05, 0.1) is 0 Å². The maximum Gasteiger partial charge on any atom is 0.0252 e. The van der Waals surface area contributed by atoms with Crippen LogP contribution in [0.15, 0.2) is 12.2 Å². The lowest BCUT2D eigenvalue weighted by molar-refractivity contribution is 0.285. The van der Waals surface area contributed by atoms with Gasteiger partial charge >= 0.3 is 0 Å². The molecule has 3 atom stereocenters. The molecule has 3 unspecified atom stereocenters. The van der Waals surface area contributed by atoms with Gasteiger partial charge in [-0.05, 0) is 38.0 Å². The molecule has 0 saturated heterocycles. The lowest BCUT2D eigenvalue weighted by Gasteiger charge is -2.31. The molecule has 0 aromatic heterocycles. The summed E-state index contributed by atoms with van der Waals surface area (Å²) in [5, 5.41) is 3.80. The van der Waals surface area contributed by atoms with Crippen LogP contribution in [0.5, 0.6) is 0 Å². The second-order valence-electron chi connectivity index (χ2n) is 5.10. The summed E-state index contributed by atoms with van der Waals surface area (Å²) in [4.78, 5) is 0. The monoisotopic (exact) mass is 193 g/mol. The molecule has 2 aliphatic carbocycles. The smallest absolute Gasteiger partial charge is 0.0252 e. The predicted octanol–water partition coefficient (Wildman–Crippen LogP) is 3.26. The molecule has 2 aliphatic rings. The number of hydrogen-bond acceptors (Lipinski definition) is 1. The van der Waals surface area contributed by atoms with Gasteiger partial charge in [0.2, 0.25) is 0 Å². The average molecular weight is 193 g/mol. The Kier molecular flexibility index (Phi) is 3.63. The summed E-state index contributed by atoms with van der Waals surface area (Å²) in [6, 6.07) is 1.48. The van der Waals surface area contributed by atoms with Crippen molar-refractivity contribution in [1.82, 2.24) is 5.32 Å². The third-order valence-corrected chi connectivity index (χ3v) is 3.64. The van der Waals surface area contributed by atoms with Crippen molar-refractivity contribution in [3.8, 4) is 0 Å². The van der Waals surface area contributed by atoms with Gasteiger partial charge in [0.1, 0.15) is 0 Å². The summed E-state index contributed by atoms with van der Waals surface area (Å²) in [5.41, 5.74) is 0. The first-order chi connectivity index (χ1) is 6.84. The van der Waals surface area contributed by atoms with Crippen molar-refractivity contribution >= 4 is 0 Å². The van der Waals surface area contributed by atoms with Crippen molar-refractivity contribution in [3.63, 3.8) is 0 Å². The van der Waals surface area contributed by atoms with Gasteiger partial charge in [-0.1, -0.05) is 31.9 Å². The zero-order valence-corrected chi connectivity index (χ0v) is 9.34. The molecule has 2 rings (SSSR count). The molecule has 1 heteroatoms. The third-order valence-electron chi connectivity index (χ3n) is 3.64. The molecule has 0 aromatic carbocycles. The summed E-state index contributed by atoms with van der Waals surface area (Å²) in [5.74, 6) is 0.939. The van der Waals surface area contributed by atoms with Crippen LogP contribution in [0.3, 0.4) is 0 Å². The molecule has 0 aromatic rings. The van der Waals surface area contributed by atoms with E-state index in [2.05, 4.69) is 24.4 Å². The molecule has 0 spiro atoms. The van der Waals surface area contributed by atoms with E-state index in [0.29, 0.717) is 6.04 Å². The van der Waals surface area contributed by atoms with E-state index < -0.39 is 0 Å². The quantitative estimate of drug-likeness (QED) is 0.664. The van der Waals surface area contributed by atoms with E-state index >= 15 is 0 Å². The summed E-state index contributed by atoms with van der Waals surface area (Å²) in [6.45, 7) is 2.39. The van der Waals surface area contributed by atoms with Crippen molar-refractivity contribution < 1.29 is 0 Å². The van der Waals surface area contributed by atoms with Crippen LogP contribution in [0.25, 0.3) is 0 Å². The van der Waals surface area contributed by atoms with E-state index in [4.69, 9.17) is 0 Å². The predicted molar refractivity (Wildman–Crippen MR) is 61.3 cm³/mol. The molecule has 1 fully saturated rings. The zero-order chi connectivity index (χ0) is 9.80. The largest absolute Gasteiger partial charge is 0.308 e. The van der Waals surface area contributed by atoms with Crippen LogP contribution in [-0.2, 0) is 0 Å². The molecule has 0 radical (unpaired) electrons. The van der Waals surface area contributed by atoms with Crippen LogP contribution in [-0.4, -0.2) is 12.1 Å². The SMILES string of the molecule is CC1CCCC(NC2C=CCCC2)C1. The van der Waals surface area contributed by atoms with E-state index in [-0.39, 0.29) is 0 Å². The van der Waals surface area contributed by atoms with Crippen molar-refractivity contribution in [3.05, 3.63) is 12.2 Å². The Labute approximate surface area is 88.0 Å². The topological polar surface area (TPSA) is 12.0 Å². The first kappa shape index (κ1) is 10.2. The van der Waals surface area contributed by atoms with Gasteiger partial charge in [-0.25, -0.2) is 0 Å². The van der Waals surface area contributed by atoms with E-state index in [0.717, 1.165) is 12.0 Å². The lowest BCUT2D eigenvalue weighted by atomic mass is 9.86. The van der Waals surface area contributed by atoms with Crippen molar-refractivity contribution in [2.45, 2.75) is 64.0 Å². The van der Waals surface area contributed by atoms with Crippen LogP contribution in [0.1, 0.15) is 51.9 Å². The fourth-order valence-corrected chi connectivity index (χ4v) is 2.84. The molecule has 1 N–H and O–H groups in total. The van der Waals surface area contributed by atoms with Crippen molar-refractivity contribution in [1.29, 1.82) is 0 Å². The Morgan fingerprint density at radius 1 is 1.14 bits per heavy atom. The van der Waals surface area contributed by atoms with E-state index in [1.165, 1.54) is 44.9 Å². The first-order valence-electron chi connectivity index (χ1n) is 6.27. The zero-order valence-electron chi connectivity index (χ0n) is 9.34. The summed E-state index contributed by atoms with van der Waals surface area (Å²) in [7, 11) is 0. The summed E-state index contributed by atoms with van der Waals surface area (Å²) in [6.07, 6.45) is 14.4. The molecule has 0 heterocycles. The molecule has 80 valence electrons. The highest BCUT2D eigenvalue weighted by atomic mass is 14.9. The summed E-state index contributed by atoms with van der Waals surface area (Å²) >= 11 is 0. The second kappa shape index (κ2) is 4.97. The molecule has 0 bridgehead atoms. The minimum Gasteiger partial charge on any atom is -0.308 e. The molecule has 0 amide bonds. The van der Waals surface area contributed by atoms with Crippen LogP contribution >= 0.6 is 0 Å². The standard InChI is InChI=1S/C13H23N/c1-11-6-5-9-13(10-11)14-12-7-3-2-4-8-12/h3,7,11-14H,2,4-6,8-10H2,1H3. The number of hydrogen-bond donors (Lipinski definition) is 1.